The van der Waals surface area contributed by atoms with Crippen molar-refractivity contribution < 1.29 is 18.7 Å². The highest BCUT2D eigenvalue weighted by Crippen LogP contribution is 2.48. The normalized spacial score (nSPS) is 16.2. The Morgan fingerprint density at radius 3 is 2.67 bits per heavy atom. The van der Waals surface area contributed by atoms with E-state index in [9.17, 15) is 4.79 Å². The Morgan fingerprint density at radius 2 is 1.90 bits per heavy atom. The van der Waals surface area contributed by atoms with Crippen molar-refractivity contribution in [1.82, 2.24) is 10.2 Å². The molecular formula is C21H18ClN3O4S. The van der Waals surface area contributed by atoms with Gasteiger partial charge in [-0.1, -0.05) is 41.9 Å². The number of benzene rings is 2. The van der Waals surface area contributed by atoms with Crippen LogP contribution in [0, 0.1) is 0 Å². The topological polar surface area (TPSA) is 86.5 Å². The molecule has 0 bridgehead atoms. The third-order valence-electron chi connectivity index (χ3n) is 5.40. The molecule has 1 amide bonds. The lowest BCUT2D eigenvalue weighted by atomic mass is 9.64. The van der Waals surface area contributed by atoms with E-state index in [0.29, 0.717) is 33.3 Å². The lowest BCUT2D eigenvalue weighted by molar-refractivity contribution is -0.113. The van der Waals surface area contributed by atoms with Gasteiger partial charge in [0, 0.05) is 16.8 Å². The van der Waals surface area contributed by atoms with E-state index in [1.165, 1.54) is 11.8 Å². The highest BCUT2D eigenvalue weighted by atomic mass is 35.5. The number of rotatable bonds is 6. The Bertz CT molecular complexity index is 1080. The Hall–Kier alpha value is -2.71. The molecule has 1 aliphatic carbocycles. The van der Waals surface area contributed by atoms with Crippen molar-refractivity contribution in [3.8, 4) is 11.5 Å². The average molecular weight is 444 g/mol. The standard InChI is InChI=1S/C21H18ClN3O4S/c22-14-4-2-13(3-5-14)21(8-1-9-21)19-24-25-20(29-19)30-11-18(26)23-15-6-7-16-17(10-15)28-12-27-16/h2-7,10H,1,8-9,11-12H2,(H,23,26). The molecule has 0 unspecified atom stereocenters. The summed E-state index contributed by atoms with van der Waals surface area (Å²) >= 11 is 7.24. The Kier molecular flexibility index (Phi) is 5.04. The largest absolute Gasteiger partial charge is 0.454 e. The first-order valence-electron chi connectivity index (χ1n) is 9.55. The van der Waals surface area contributed by atoms with Gasteiger partial charge < -0.3 is 19.2 Å². The van der Waals surface area contributed by atoms with Crippen LogP contribution in [0.3, 0.4) is 0 Å². The van der Waals surface area contributed by atoms with Crippen LogP contribution in [0.4, 0.5) is 5.69 Å². The molecule has 1 aromatic heterocycles. The monoisotopic (exact) mass is 443 g/mol. The zero-order chi connectivity index (χ0) is 20.6. The fraction of sp³-hybridized carbons (Fsp3) is 0.286. The fourth-order valence-electron chi connectivity index (χ4n) is 3.69. The molecule has 1 N–H and O–H groups in total. The lowest BCUT2D eigenvalue weighted by Crippen LogP contribution is -2.35. The van der Waals surface area contributed by atoms with Gasteiger partial charge in [-0.25, -0.2) is 0 Å². The number of halogens is 1. The lowest BCUT2D eigenvalue weighted by Gasteiger charge is -2.39. The van der Waals surface area contributed by atoms with E-state index in [4.69, 9.17) is 25.5 Å². The second kappa shape index (κ2) is 7.85. The van der Waals surface area contributed by atoms with Crippen molar-refractivity contribution in [3.05, 3.63) is 58.9 Å². The van der Waals surface area contributed by atoms with E-state index >= 15 is 0 Å². The van der Waals surface area contributed by atoms with Crippen LogP contribution in [-0.2, 0) is 10.2 Å². The molecule has 5 rings (SSSR count). The number of amides is 1. The number of carbonyl (C=O) groups is 1. The van der Waals surface area contributed by atoms with Gasteiger partial charge in [0.1, 0.15) is 0 Å². The minimum absolute atomic E-state index is 0.157. The first-order valence-corrected chi connectivity index (χ1v) is 10.9. The summed E-state index contributed by atoms with van der Waals surface area (Å²) in [5.41, 5.74) is 1.51. The molecule has 9 heteroatoms. The van der Waals surface area contributed by atoms with Crippen LogP contribution >= 0.6 is 23.4 Å². The summed E-state index contributed by atoms with van der Waals surface area (Å²) in [7, 11) is 0. The van der Waals surface area contributed by atoms with Gasteiger partial charge in [-0.05, 0) is 42.7 Å². The van der Waals surface area contributed by atoms with E-state index in [-0.39, 0.29) is 23.9 Å². The zero-order valence-electron chi connectivity index (χ0n) is 15.9. The second-order valence-electron chi connectivity index (χ2n) is 7.22. The van der Waals surface area contributed by atoms with Gasteiger partial charge in [0.15, 0.2) is 11.5 Å². The average Bonchev–Trinajstić information content (AvgIpc) is 3.36. The fourth-order valence-corrected chi connectivity index (χ4v) is 4.37. The first-order chi connectivity index (χ1) is 14.6. The highest BCUT2D eigenvalue weighted by Gasteiger charge is 2.45. The number of ether oxygens (including phenoxy) is 2. The third-order valence-corrected chi connectivity index (χ3v) is 6.47. The predicted octanol–water partition coefficient (Wildman–Crippen LogP) is 4.65. The quantitative estimate of drug-likeness (QED) is 0.554. The number of thioether (sulfide) groups is 1. The predicted molar refractivity (Wildman–Crippen MR) is 112 cm³/mol. The Balaban J connectivity index is 1.23. The van der Waals surface area contributed by atoms with Gasteiger partial charge in [-0.2, -0.15) is 0 Å². The van der Waals surface area contributed by atoms with Crippen LogP contribution in [0.25, 0.3) is 0 Å². The third kappa shape index (κ3) is 3.61. The van der Waals surface area contributed by atoms with Crippen LogP contribution < -0.4 is 14.8 Å². The maximum atomic E-state index is 12.3. The van der Waals surface area contributed by atoms with E-state index in [0.717, 1.165) is 24.8 Å². The van der Waals surface area contributed by atoms with E-state index in [1.807, 2.05) is 24.3 Å². The number of nitrogens with one attached hydrogen (secondary N) is 1. The van der Waals surface area contributed by atoms with Crippen LogP contribution in [0.1, 0.15) is 30.7 Å². The molecule has 3 aromatic rings. The summed E-state index contributed by atoms with van der Waals surface area (Å²) < 4.78 is 16.5. The molecule has 2 heterocycles. The molecule has 1 fully saturated rings. The summed E-state index contributed by atoms with van der Waals surface area (Å²) in [4.78, 5) is 12.3. The minimum atomic E-state index is -0.259. The van der Waals surface area contributed by atoms with Gasteiger partial charge in [-0.15, -0.1) is 10.2 Å². The van der Waals surface area contributed by atoms with Crippen LogP contribution in [0.5, 0.6) is 11.5 Å². The van der Waals surface area contributed by atoms with Crippen LogP contribution in [0.15, 0.2) is 52.1 Å². The molecule has 1 saturated carbocycles. The second-order valence-corrected chi connectivity index (χ2v) is 8.58. The Morgan fingerprint density at radius 1 is 1.10 bits per heavy atom. The number of nitrogens with zero attached hydrogens (tertiary/aromatic N) is 2. The van der Waals surface area contributed by atoms with Crippen molar-refractivity contribution in [1.29, 1.82) is 0 Å². The molecule has 154 valence electrons. The molecule has 1 aliphatic heterocycles. The van der Waals surface area contributed by atoms with Gasteiger partial charge in [-0.3, -0.25) is 4.79 Å². The van der Waals surface area contributed by atoms with Gasteiger partial charge in [0.2, 0.25) is 18.6 Å². The summed E-state index contributed by atoms with van der Waals surface area (Å²) in [5.74, 6) is 1.87. The van der Waals surface area contributed by atoms with Gasteiger partial charge in [0.25, 0.3) is 5.22 Å². The smallest absolute Gasteiger partial charge is 0.277 e. The molecule has 0 atom stereocenters. The Labute approximate surface area is 182 Å². The minimum Gasteiger partial charge on any atom is -0.454 e. The van der Waals surface area contributed by atoms with Crippen molar-refractivity contribution in [2.45, 2.75) is 29.9 Å². The van der Waals surface area contributed by atoms with Crippen molar-refractivity contribution >= 4 is 35.0 Å². The van der Waals surface area contributed by atoms with Crippen LogP contribution in [0.2, 0.25) is 5.02 Å². The summed E-state index contributed by atoms with van der Waals surface area (Å²) in [6, 6.07) is 13.1. The van der Waals surface area contributed by atoms with Crippen molar-refractivity contribution in [2.24, 2.45) is 0 Å². The number of aromatic nitrogens is 2. The first kappa shape index (κ1) is 19.3. The number of anilines is 1. The SMILES string of the molecule is O=C(CSc1nnc(C2(c3ccc(Cl)cc3)CCC2)o1)Nc1ccc2c(c1)OCO2. The summed E-state index contributed by atoms with van der Waals surface area (Å²) in [5, 5.41) is 12.3. The number of hydrogen-bond acceptors (Lipinski definition) is 7. The number of carbonyl (C=O) groups excluding carboxylic acids is 1. The summed E-state index contributed by atoms with van der Waals surface area (Å²) in [6.45, 7) is 0.194. The van der Waals surface area contributed by atoms with Crippen molar-refractivity contribution in [3.63, 3.8) is 0 Å². The van der Waals surface area contributed by atoms with Gasteiger partial charge >= 0.3 is 0 Å². The van der Waals surface area contributed by atoms with Crippen LogP contribution in [-0.4, -0.2) is 28.7 Å². The van der Waals surface area contributed by atoms with E-state index < -0.39 is 0 Å². The molecule has 0 radical (unpaired) electrons. The summed E-state index contributed by atoms with van der Waals surface area (Å²) in [6.07, 6.45) is 3.00. The maximum Gasteiger partial charge on any atom is 0.277 e. The van der Waals surface area contributed by atoms with Gasteiger partial charge in [0.05, 0.1) is 11.2 Å². The van der Waals surface area contributed by atoms with E-state index in [2.05, 4.69) is 15.5 Å². The molecular weight excluding hydrogens is 426 g/mol. The molecule has 2 aromatic carbocycles. The van der Waals surface area contributed by atoms with E-state index in [1.54, 1.807) is 18.2 Å². The maximum absolute atomic E-state index is 12.3. The zero-order valence-corrected chi connectivity index (χ0v) is 17.5. The molecule has 0 spiro atoms. The molecule has 2 aliphatic rings. The van der Waals surface area contributed by atoms with Crippen molar-refractivity contribution in [2.75, 3.05) is 17.9 Å². The number of fused-ring (bicyclic) bond motifs is 1. The molecule has 7 nitrogen and oxygen atoms in total. The highest BCUT2D eigenvalue weighted by molar-refractivity contribution is 7.99. The molecule has 0 saturated heterocycles. The molecule has 30 heavy (non-hydrogen) atoms. The number of hydrogen-bond donors (Lipinski definition) is 1.